The molecule has 1 aromatic heterocycles. The summed E-state index contributed by atoms with van der Waals surface area (Å²) in [5.74, 6) is 0.764. The number of anilines is 1. The first-order valence-electron chi connectivity index (χ1n) is 6.88. The smallest absolute Gasteiger partial charge is 0.225 e. The van der Waals surface area contributed by atoms with Gasteiger partial charge in [-0.25, -0.2) is 9.97 Å². The molecule has 5 nitrogen and oxygen atoms in total. The second kappa shape index (κ2) is 8.07. The Labute approximate surface area is 116 Å². The van der Waals surface area contributed by atoms with Gasteiger partial charge in [-0.15, -0.1) is 0 Å². The van der Waals surface area contributed by atoms with E-state index in [0.29, 0.717) is 12.6 Å². The van der Waals surface area contributed by atoms with Crippen LogP contribution in [0.25, 0.3) is 0 Å². The maximum Gasteiger partial charge on any atom is 0.225 e. The predicted molar refractivity (Wildman–Crippen MR) is 78.4 cm³/mol. The Kier molecular flexibility index (Phi) is 6.73. The molecule has 0 bridgehead atoms. The molecule has 1 heterocycles. The maximum atomic E-state index is 5.19. The Bertz CT molecular complexity index is 353. The van der Waals surface area contributed by atoms with Crippen molar-refractivity contribution in [3.8, 4) is 0 Å². The molecule has 0 radical (unpaired) electrons. The van der Waals surface area contributed by atoms with Crippen LogP contribution in [-0.4, -0.2) is 42.3 Å². The van der Waals surface area contributed by atoms with Crippen LogP contribution in [-0.2, 0) is 11.3 Å². The molecule has 19 heavy (non-hydrogen) atoms. The van der Waals surface area contributed by atoms with Gasteiger partial charge in [-0.1, -0.05) is 13.8 Å². The van der Waals surface area contributed by atoms with Crippen LogP contribution in [0.15, 0.2) is 12.4 Å². The van der Waals surface area contributed by atoms with Crippen LogP contribution in [0.4, 0.5) is 5.95 Å². The Hall–Kier alpha value is -1.20. The lowest BCUT2D eigenvalue weighted by atomic mass is 10.3. The number of rotatable bonds is 8. The minimum atomic E-state index is 0.273. The number of nitrogens with zero attached hydrogens (tertiary/aromatic N) is 3. The zero-order chi connectivity index (χ0) is 14.3. The number of nitrogens with one attached hydrogen (secondary N) is 1. The molecule has 1 atom stereocenters. The zero-order valence-corrected chi connectivity index (χ0v) is 12.7. The molecule has 0 saturated heterocycles. The first kappa shape index (κ1) is 15.9. The number of methoxy groups -OCH3 is 1. The Morgan fingerprint density at radius 2 is 1.89 bits per heavy atom. The lowest BCUT2D eigenvalue weighted by Gasteiger charge is -2.27. The third kappa shape index (κ3) is 5.12. The van der Waals surface area contributed by atoms with E-state index < -0.39 is 0 Å². The van der Waals surface area contributed by atoms with E-state index in [4.69, 9.17) is 4.74 Å². The molecule has 0 amide bonds. The van der Waals surface area contributed by atoms with Gasteiger partial charge in [0.1, 0.15) is 0 Å². The molecule has 0 spiro atoms. The third-order valence-electron chi connectivity index (χ3n) is 2.94. The van der Waals surface area contributed by atoms with Crippen molar-refractivity contribution in [3.05, 3.63) is 18.0 Å². The number of hydrogen-bond acceptors (Lipinski definition) is 5. The summed E-state index contributed by atoms with van der Waals surface area (Å²) in [5, 5.41) is 3.35. The quantitative estimate of drug-likeness (QED) is 0.778. The van der Waals surface area contributed by atoms with E-state index in [9.17, 15) is 0 Å². The van der Waals surface area contributed by atoms with Gasteiger partial charge in [-0.2, -0.15) is 0 Å². The summed E-state index contributed by atoms with van der Waals surface area (Å²) >= 11 is 0. The van der Waals surface area contributed by atoms with Crippen molar-refractivity contribution in [1.82, 2.24) is 15.3 Å². The van der Waals surface area contributed by atoms with Gasteiger partial charge in [0.2, 0.25) is 5.95 Å². The Balaban J connectivity index is 2.67. The standard InChI is InChI=1S/C14H26N4O/c1-6-18(12(4)10-19-5)14-16-8-13(9-17-14)7-15-11(2)3/h8-9,11-12,15H,6-7,10H2,1-5H3. The number of hydrogen-bond donors (Lipinski definition) is 1. The van der Waals surface area contributed by atoms with E-state index in [2.05, 4.69) is 47.9 Å². The largest absolute Gasteiger partial charge is 0.383 e. The summed E-state index contributed by atoms with van der Waals surface area (Å²) in [6, 6.07) is 0.739. The van der Waals surface area contributed by atoms with Crippen LogP contribution >= 0.6 is 0 Å². The number of aromatic nitrogens is 2. The van der Waals surface area contributed by atoms with Crippen LogP contribution in [0.3, 0.4) is 0 Å². The van der Waals surface area contributed by atoms with Crippen molar-refractivity contribution in [1.29, 1.82) is 0 Å². The van der Waals surface area contributed by atoms with E-state index in [1.54, 1.807) is 7.11 Å². The molecule has 1 unspecified atom stereocenters. The topological polar surface area (TPSA) is 50.3 Å². The third-order valence-corrected chi connectivity index (χ3v) is 2.94. The molecule has 1 rings (SSSR count). The summed E-state index contributed by atoms with van der Waals surface area (Å²) in [4.78, 5) is 11.0. The molecule has 0 aliphatic heterocycles. The summed E-state index contributed by atoms with van der Waals surface area (Å²) < 4.78 is 5.19. The molecule has 0 saturated carbocycles. The van der Waals surface area contributed by atoms with E-state index in [-0.39, 0.29) is 6.04 Å². The Morgan fingerprint density at radius 3 is 2.37 bits per heavy atom. The van der Waals surface area contributed by atoms with Crippen molar-refractivity contribution in [3.63, 3.8) is 0 Å². The van der Waals surface area contributed by atoms with Crippen molar-refractivity contribution < 1.29 is 4.74 Å². The monoisotopic (exact) mass is 266 g/mol. The lowest BCUT2D eigenvalue weighted by Crippen LogP contribution is -2.37. The SMILES string of the molecule is CCN(c1ncc(CNC(C)C)cn1)C(C)COC. The van der Waals surface area contributed by atoms with E-state index in [1.165, 1.54) is 0 Å². The van der Waals surface area contributed by atoms with Crippen LogP contribution in [0, 0.1) is 0 Å². The predicted octanol–water partition coefficient (Wildman–Crippen LogP) is 1.84. The molecule has 5 heteroatoms. The van der Waals surface area contributed by atoms with Gasteiger partial charge in [0.15, 0.2) is 0 Å². The molecule has 1 N–H and O–H groups in total. The van der Waals surface area contributed by atoms with Crippen LogP contribution in [0.5, 0.6) is 0 Å². The summed E-state index contributed by atoms with van der Waals surface area (Å²) in [6.07, 6.45) is 3.78. The number of ether oxygens (including phenoxy) is 1. The van der Waals surface area contributed by atoms with Gasteiger partial charge in [-0.3, -0.25) is 0 Å². The highest BCUT2D eigenvalue weighted by Gasteiger charge is 2.14. The van der Waals surface area contributed by atoms with Crippen LogP contribution < -0.4 is 10.2 Å². The molecule has 0 aliphatic rings. The minimum absolute atomic E-state index is 0.273. The Morgan fingerprint density at radius 1 is 1.26 bits per heavy atom. The second-order valence-electron chi connectivity index (χ2n) is 5.02. The maximum absolute atomic E-state index is 5.19. The van der Waals surface area contributed by atoms with Crippen LogP contribution in [0.1, 0.15) is 33.3 Å². The fraction of sp³-hybridized carbons (Fsp3) is 0.714. The fourth-order valence-corrected chi connectivity index (χ4v) is 1.89. The van der Waals surface area contributed by atoms with Crippen molar-refractivity contribution in [2.45, 2.75) is 46.3 Å². The molecule has 0 fully saturated rings. The van der Waals surface area contributed by atoms with Crippen LogP contribution in [0.2, 0.25) is 0 Å². The highest BCUT2D eigenvalue weighted by molar-refractivity contribution is 5.31. The van der Waals surface area contributed by atoms with E-state index in [0.717, 1.165) is 24.6 Å². The van der Waals surface area contributed by atoms with Gasteiger partial charge in [0.25, 0.3) is 0 Å². The molecule has 1 aromatic rings. The van der Waals surface area contributed by atoms with Gasteiger partial charge in [0.05, 0.1) is 12.6 Å². The molecular weight excluding hydrogens is 240 g/mol. The molecule has 0 aromatic carbocycles. The molecule has 0 aliphatic carbocycles. The number of likely N-dealkylation sites (N-methyl/N-ethyl adjacent to an activating group) is 1. The van der Waals surface area contributed by atoms with Gasteiger partial charge in [0, 0.05) is 44.2 Å². The summed E-state index contributed by atoms with van der Waals surface area (Å²) in [5.41, 5.74) is 1.10. The lowest BCUT2D eigenvalue weighted by molar-refractivity contribution is 0.181. The average molecular weight is 266 g/mol. The average Bonchev–Trinajstić information content (AvgIpc) is 2.39. The van der Waals surface area contributed by atoms with Crippen molar-refractivity contribution in [2.75, 3.05) is 25.2 Å². The van der Waals surface area contributed by atoms with Gasteiger partial charge < -0.3 is 15.0 Å². The first-order valence-corrected chi connectivity index (χ1v) is 6.88. The zero-order valence-electron chi connectivity index (χ0n) is 12.7. The summed E-state index contributed by atoms with van der Waals surface area (Å²) in [6.45, 7) is 10.8. The molecule has 108 valence electrons. The molecular formula is C14H26N4O. The van der Waals surface area contributed by atoms with Gasteiger partial charge >= 0.3 is 0 Å². The normalized spacial score (nSPS) is 12.7. The highest BCUT2D eigenvalue weighted by Crippen LogP contribution is 2.11. The van der Waals surface area contributed by atoms with Gasteiger partial charge in [-0.05, 0) is 13.8 Å². The minimum Gasteiger partial charge on any atom is -0.383 e. The second-order valence-corrected chi connectivity index (χ2v) is 5.02. The summed E-state index contributed by atoms with van der Waals surface area (Å²) in [7, 11) is 1.71. The fourth-order valence-electron chi connectivity index (χ4n) is 1.89. The van der Waals surface area contributed by atoms with E-state index >= 15 is 0 Å². The van der Waals surface area contributed by atoms with E-state index in [1.807, 2.05) is 12.4 Å². The van der Waals surface area contributed by atoms with Crippen molar-refractivity contribution >= 4 is 5.95 Å². The van der Waals surface area contributed by atoms with Crippen molar-refractivity contribution in [2.24, 2.45) is 0 Å². The first-order chi connectivity index (χ1) is 9.08. The highest BCUT2D eigenvalue weighted by atomic mass is 16.5.